The van der Waals surface area contributed by atoms with Gasteiger partial charge in [0.2, 0.25) is 0 Å². The molecule has 0 aromatic heterocycles. The Morgan fingerprint density at radius 2 is 1.95 bits per heavy atom. The van der Waals surface area contributed by atoms with E-state index >= 15 is 0 Å². The second kappa shape index (κ2) is 6.16. The van der Waals surface area contributed by atoms with Gasteiger partial charge in [0.25, 0.3) is 0 Å². The van der Waals surface area contributed by atoms with Crippen LogP contribution in [-0.2, 0) is 19.3 Å². The summed E-state index contributed by atoms with van der Waals surface area (Å²) in [5.41, 5.74) is 3.14. The average molecular weight is 351 g/mol. The Kier molecular flexibility index (Phi) is 4.27. The summed E-state index contributed by atoms with van der Waals surface area (Å²) in [5.74, 6) is 0.655. The molecule has 3 rings (SSSR count). The predicted molar refractivity (Wildman–Crippen MR) is 83.2 cm³/mol. The lowest BCUT2D eigenvalue weighted by Crippen LogP contribution is -2.14. The number of benzene rings is 2. The highest BCUT2D eigenvalue weighted by Crippen LogP contribution is 2.33. The highest BCUT2D eigenvalue weighted by molar-refractivity contribution is 9.10. The third-order valence-corrected chi connectivity index (χ3v) is 4.12. The maximum Gasteiger partial charge on any atom is 0.125 e. The van der Waals surface area contributed by atoms with Crippen molar-refractivity contribution in [1.82, 2.24) is 0 Å². The van der Waals surface area contributed by atoms with Crippen LogP contribution in [0.3, 0.4) is 0 Å². The van der Waals surface area contributed by atoms with Crippen molar-refractivity contribution in [1.29, 1.82) is 0 Å². The number of fused-ring (bicyclic) bond motifs is 1. The molecular formula is C17H16BrFO2. The molecule has 2 nitrogen and oxygen atoms in total. The van der Waals surface area contributed by atoms with Crippen molar-refractivity contribution in [3.8, 4) is 5.75 Å². The molecule has 4 heteroatoms. The van der Waals surface area contributed by atoms with Crippen LogP contribution in [0.5, 0.6) is 5.75 Å². The number of rotatable bonds is 4. The van der Waals surface area contributed by atoms with Crippen LogP contribution in [0.1, 0.15) is 16.7 Å². The molecule has 0 spiro atoms. The van der Waals surface area contributed by atoms with Gasteiger partial charge in [0.05, 0.1) is 12.7 Å². The third-order valence-electron chi connectivity index (χ3n) is 3.67. The van der Waals surface area contributed by atoms with E-state index in [1.54, 1.807) is 12.1 Å². The zero-order valence-corrected chi connectivity index (χ0v) is 13.1. The van der Waals surface area contributed by atoms with Crippen LogP contribution < -0.4 is 4.74 Å². The Hall–Kier alpha value is -1.39. The van der Waals surface area contributed by atoms with E-state index in [0.717, 1.165) is 27.8 Å². The minimum atomic E-state index is -0.516. The normalized spacial score (nSPS) is 14.6. The molecule has 0 fully saturated rings. The Labute approximate surface area is 131 Å². The van der Waals surface area contributed by atoms with E-state index in [4.69, 9.17) is 4.74 Å². The van der Waals surface area contributed by atoms with Crippen molar-refractivity contribution in [3.63, 3.8) is 0 Å². The van der Waals surface area contributed by atoms with Crippen LogP contribution >= 0.6 is 15.9 Å². The molecule has 1 heterocycles. The van der Waals surface area contributed by atoms with Crippen molar-refractivity contribution >= 4 is 15.9 Å². The van der Waals surface area contributed by atoms with Gasteiger partial charge in [0.15, 0.2) is 0 Å². The molecule has 0 radical (unpaired) electrons. The van der Waals surface area contributed by atoms with E-state index in [1.807, 2.05) is 6.07 Å². The summed E-state index contributed by atoms with van der Waals surface area (Å²) in [6.07, 6.45) is 1.43. The minimum absolute atomic E-state index is 0.258. The van der Waals surface area contributed by atoms with Gasteiger partial charge in [0.1, 0.15) is 11.6 Å². The molecule has 110 valence electrons. The largest absolute Gasteiger partial charge is 0.493 e. The first-order valence-electron chi connectivity index (χ1n) is 6.98. The van der Waals surface area contributed by atoms with Crippen molar-refractivity contribution in [2.24, 2.45) is 0 Å². The van der Waals surface area contributed by atoms with Crippen molar-refractivity contribution in [3.05, 3.63) is 63.4 Å². The molecular weight excluding hydrogens is 335 g/mol. The van der Waals surface area contributed by atoms with E-state index < -0.39 is 6.10 Å². The first-order valence-corrected chi connectivity index (χ1v) is 7.78. The van der Waals surface area contributed by atoms with Crippen LogP contribution in [0, 0.1) is 5.82 Å². The highest BCUT2D eigenvalue weighted by Gasteiger charge is 2.19. The van der Waals surface area contributed by atoms with Crippen molar-refractivity contribution in [2.75, 3.05) is 6.61 Å². The molecule has 2 aromatic carbocycles. The predicted octanol–water partition coefficient (Wildman–Crippen LogP) is 3.67. The third kappa shape index (κ3) is 3.44. The van der Waals surface area contributed by atoms with Crippen molar-refractivity contribution < 1.29 is 14.2 Å². The van der Waals surface area contributed by atoms with Gasteiger partial charge in [-0.25, -0.2) is 4.39 Å². The van der Waals surface area contributed by atoms with E-state index in [0.29, 0.717) is 19.4 Å². The van der Waals surface area contributed by atoms with E-state index in [1.165, 1.54) is 17.7 Å². The Morgan fingerprint density at radius 3 is 2.71 bits per heavy atom. The zero-order chi connectivity index (χ0) is 14.8. The van der Waals surface area contributed by atoms with Crippen LogP contribution in [-0.4, -0.2) is 17.8 Å². The number of hydrogen-bond donors (Lipinski definition) is 1. The number of halogens is 2. The molecule has 21 heavy (non-hydrogen) atoms. The smallest absolute Gasteiger partial charge is 0.125 e. The summed E-state index contributed by atoms with van der Waals surface area (Å²) in [5, 5.41) is 10.3. The maximum absolute atomic E-state index is 12.9. The molecule has 1 unspecified atom stereocenters. The van der Waals surface area contributed by atoms with Gasteiger partial charge >= 0.3 is 0 Å². The molecule has 1 atom stereocenters. The van der Waals surface area contributed by atoms with Gasteiger partial charge in [-0.05, 0) is 47.4 Å². The van der Waals surface area contributed by atoms with E-state index in [9.17, 15) is 9.50 Å². The fourth-order valence-corrected chi connectivity index (χ4v) is 3.27. The molecule has 1 aliphatic rings. The van der Waals surface area contributed by atoms with Gasteiger partial charge in [-0.3, -0.25) is 0 Å². The summed E-state index contributed by atoms with van der Waals surface area (Å²) in [6, 6.07) is 10.3. The SMILES string of the molecule is OC(Cc1ccc(F)cc1)Cc1cc(Br)cc2c1OCC2. The zero-order valence-electron chi connectivity index (χ0n) is 11.5. The molecule has 1 N–H and O–H groups in total. The fraction of sp³-hybridized carbons (Fsp3) is 0.294. The molecule has 2 aromatic rings. The number of aliphatic hydroxyl groups excluding tert-OH is 1. The van der Waals surface area contributed by atoms with Gasteiger partial charge in [0, 0.05) is 17.3 Å². The lowest BCUT2D eigenvalue weighted by molar-refractivity contribution is 0.174. The number of ether oxygens (including phenoxy) is 1. The first-order chi connectivity index (χ1) is 10.1. The summed E-state index contributed by atoms with van der Waals surface area (Å²) in [4.78, 5) is 0. The Balaban J connectivity index is 1.73. The van der Waals surface area contributed by atoms with Crippen LogP contribution in [0.4, 0.5) is 4.39 Å². The Bertz CT molecular complexity index is 640. The summed E-state index contributed by atoms with van der Waals surface area (Å²) < 4.78 is 19.6. The molecule has 1 aliphatic heterocycles. The Morgan fingerprint density at radius 1 is 1.19 bits per heavy atom. The van der Waals surface area contributed by atoms with Gasteiger partial charge in [-0.1, -0.05) is 28.1 Å². The summed E-state index contributed by atoms with van der Waals surface area (Å²) >= 11 is 3.50. The lowest BCUT2D eigenvalue weighted by Gasteiger charge is -2.14. The van der Waals surface area contributed by atoms with E-state index in [-0.39, 0.29) is 5.82 Å². The molecule has 0 bridgehead atoms. The molecule has 0 amide bonds. The van der Waals surface area contributed by atoms with Crippen molar-refractivity contribution in [2.45, 2.75) is 25.4 Å². The molecule has 0 saturated heterocycles. The maximum atomic E-state index is 12.9. The highest BCUT2D eigenvalue weighted by atomic mass is 79.9. The summed E-state index contributed by atoms with van der Waals surface area (Å²) in [6.45, 7) is 0.701. The quantitative estimate of drug-likeness (QED) is 0.911. The second-order valence-electron chi connectivity index (χ2n) is 5.34. The van der Waals surface area contributed by atoms with Crippen LogP contribution in [0.25, 0.3) is 0 Å². The number of hydrogen-bond acceptors (Lipinski definition) is 2. The van der Waals surface area contributed by atoms with Crippen LogP contribution in [0.2, 0.25) is 0 Å². The van der Waals surface area contributed by atoms with Crippen LogP contribution in [0.15, 0.2) is 40.9 Å². The second-order valence-corrected chi connectivity index (χ2v) is 6.26. The topological polar surface area (TPSA) is 29.5 Å². The summed E-state index contributed by atoms with van der Waals surface area (Å²) in [7, 11) is 0. The fourth-order valence-electron chi connectivity index (χ4n) is 2.72. The monoisotopic (exact) mass is 350 g/mol. The average Bonchev–Trinajstić information content (AvgIpc) is 2.89. The van der Waals surface area contributed by atoms with Gasteiger partial charge < -0.3 is 9.84 Å². The van der Waals surface area contributed by atoms with Gasteiger partial charge in [-0.15, -0.1) is 0 Å². The van der Waals surface area contributed by atoms with E-state index in [2.05, 4.69) is 22.0 Å². The molecule has 0 aliphatic carbocycles. The number of aliphatic hydroxyl groups is 1. The van der Waals surface area contributed by atoms with Gasteiger partial charge in [-0.2, -0.15) is 0 Å². The first kappa shape index (κ1) is 14.5. The minimum Gasteiger partial charge on any atom is -0.493 e. The molecule has 0 saturated carbocycles. The lowest BCUT2D eigenvalue weighted by atomic mass is 9.99. The standard InChI is InChI=1S/C17H16BrFO2/c18-14-8-12-5-6-21-17(12)13(9-14)10-16(20)7-11-1-3-15(19)4-2-11/h1-4,8-9,16,20H,5-7,10H2.